The van der Waals surface area contributed by atoms with E-state index >= 15 is 0 Å². The molecule has 0 saturated heterocycles. The molecule has 3 heteroatoms. The predicted molar refractivity (Wildman–Crippen MR) is 90.9 cm³/mol. The first-order chi connectivity index (χ1) is 9.47. The van der Waals surface area contributed by atoms with E-state index in [1.54, 1.807) is 0 Å². The third-order valence-electron chi connectivity index (χ3n) is 6.47. The van der Waals surface area contributed by atoms with Crippen molar-refractivity contribution in [2.24, 2.45) is 11.3 Å². The van der Waals surface area contributed by atoms with Gasteiger partial charge in [-0.2, -0.15) is 0 Å². The second kappa shape index (κ2) is 5.34. The van der Waals surface area contributed by atoms with Gasteiger partial charge in [0.25, 0.3) is 0 Å². The molecule has 0 aliphatic heterocycles. The van der Waals surface area contributed by atoms with E-state index in [1.165, 1.54) is 5.57 Å². The van der Waals surface area contributed by atoms with Gasteiger partial charge in [-0.25, -0.2) is 0 Å². The Morgan fingerprint density at radius 1 is 1.29 bits per heavy atom. The van der Waals surface area contributed by atoms with Gasteiger partial charge in [-0.15, -0.1) is 0 Å². The molecule has 3 atom stereocenters. The molecule has 0 amide bonds. The van der Waals surface area contributed by atoms with Crippen LogP contribution in [0.4, 0.5) is 0 Å². The van der Waals surface area contributed by atoms with Crippen molar-refractivity contribution in [3.05, 3.63) is 11.6 Å². The van der Waals surface area contributed by atoms with E-state index in [-0.39, 0.29) is 10.5 Å². The van der Waals surface area contributed by atoms with Gasteiger partial charge in [-0.3, -0.25) is 4.79 Å². The van der Waals surface area contributed by atoms with E-state index in [1.807, 2.05) is 6.08 Å². The van der Waals surface area contributed by atoms with Crippen LogP contribution < -0.4 is 0 Å². The van der Waals surface area contributed by atoms with E-state index < -0.39 is 8.32 Å². The molecule has 1 fully saturated rings. The average molecular weight is 309 g/mol. The van der Waals surface area contributed by atoms with Gasteiger partial charge in [0.05, 0.1) is 0 Å². The topological polar surface area (TPSA) is 26.3 Å². The van der Waals surface area contributed by atoms with Crippen LogP contribution in [0, 0.1) is 11.3 Å². The lowest BCUT2D eigenvalue weighted by molar-refractivity contribution is -0.116. The van der Waals surface area contributed by atoms with Crippen molar-refractivity contribution < 1.29 is 9.22 Å². The lowest BCUT2D eigenvalue weighted by Crippen LogP contribution is -2.50. The van der Waals surface area contributed by atoms with Crippen molar-refractivity contribution in [3.63, 3.8) is 0 Å². The van der Waals surface area contributed by atoms with Gasteiger partial charge in [-0.1, -0.05) is 40.2 Å². The largest absolute Gasteiger partial charge is 0.414 e. The fourth-order valence-electron chi connectivity index (χ4n) is 3.53. The molecule has 0 aromatic carbocycles. The van der Waals surface area contributed by atoms with E-state index in [2.05, 4.69) is 47.7 Å². The van der Waals surface area contributed by atoms with Crippen LogP contribution in [-0.2, 0) is 9.22 Å². The number of rotatable bonds is 2. The van der Waals surface area contributed by atoms with Gasteiger partial charge in [0.15, 0.2) is 14.1 Å². The van der Waals surface area contributed by atoms with Crippen molar-refractivity contribution in [1.82, 2.24) is 0 Å². The van der Waals surface area contributed by atoms with Crippen LogP contribution in [0.3, 0.4) is 0 Å². The monoisotopic (exact) mass is 308 g/mol. The summed E-state index contributed by atoms with van der Waals surface area (Å²) in [5.41, 5.74) is 1.54. The highest BCUT2D eigenvalue weighted by atomic mass is 28.4. The fraction of sp³-hybridized carbons (Fsp3) is 0.833. The van der Waals surface area contributed by atoms with Crippen LogP contribution in [0.5, 0.6) is 0 Å². The van der Waals surface area contributed by atoms with Gasteiger partial charge in [-0.05, 0) is 54.8 Å². The maximum atomic E-state index is 11.7. The smallest absolute Gasteiger partial charge is 0.192 e. The Morgan fingerprint density at radius 2 is 1.90 bits per heavy atom. The van der Waals surface area contributed by atoms with Crippen molar-refractivity contribution >= 4 is 14.1 Å². The molecule has 1 saturated carbocycles. The minimum absolute atomic E-state index is 0.166. The summed E-state index contributed by atoms with van der Waals surface area (Å²) in [6, 6.07) is 0. The molecule has 0 unspecified atom stereocenters. The molecule has 0 heterocycles. The number of hydrogen-bond donors (Lipinski definition) is 0. The van der Waals surface area contributed by atoms with Crippen LogP contribution in [0.25, 0.3) is 0 Å². The highest BCUT2D eigenvalue weighted by Gasteiger charge is 2.48. The number of carbonyl (C=O) groups excluding carboxylic acids is 1. The second-order valence-corrected chi connectivity index (χ2v) is 13.6. The highest BCUT2D eigenvalue weighted by molar-refractivity contribution is 6.74. The van der Waals surface area contributed by atoms with Gasteiger partial charge in [0.2, 0.25) is 0 Å². The van der Waals surface area contributed by atoms with Crippen LogP contribution in [-0.4, -0.2) is 20.2 Å². The molecule has 0 radical (unpaired) electrons. The SMILES string of the molecule is C[C@H]1[C@H](O[Si](C)(C)C(C)(C)C)CCC2=CC(=O)CC[C@@]21C. The van der Waals surface area contributed by atoms with E-state index in [0.29, 0.717) is 24.2 Å². The zero-order valence-electron chi connectivity index (χ0n) is 14.9. The first kappa shape index (κ1) is 16.9. The molecular weight excluding hydrogens is 276 g/mol. The lowest BCUT2D eigenvalue weighted by Gasteiger charge is -2.51. The summed E-state index contributed by atoms with van der Waals surface area (Å²) in [6.07, 6.45) is 6.09. The Kier molecular flexibility index (Phi) is 4.31. The quantitative estimate of drug-likeness (QED) is 0.663. The molecule has 0 aromatic heterocycles. The molecule has 2 aliphatic rings. The van der Waals surface area contributed by atoms with Crippen LogP contribution in [0.2, 0.25) is 18.1 Å². The zero-order valence-corrected chi connectivity index (χ0v) is 15.9. The standard InChI is InChI=1S/C18H32O2Si/c1-13-16(20-21(6,7)17(2,3)4)9-8-14-12-15(19)10-11-18(13,14)5/h12-13,16H,8-11H2,1-7H3/t13-,16+,18+/m0/s1. The maximum absolute atomic E-state index is 11.7. The van der Waals surface area contributed by atoms with Crippen LogP contribution in [0.1, 0.15) is 60.3 Å². The molecule has 2 rings (SSSR count). The minimum Gasteiger partial charge on any atom is -0.414 e. The molecular formula is C18H32O2Si. The van der Waals surface area contributed by atoms with Gasteiger partial charge in [0, 0.05) is 12.5 Å². The van der Waals surface area contributed by atoms with Gasteiger partial charge >= 0.3 is 0 Å². The predicted octanol–water partition coefficient (Wildman–Crippen LogP) is 5.10. The molecule has 21 heavy (non-hydrogen) atoms. The number of allylic oxidation sites excluding steroid dienone is 2. The average Bonchev–Trinajstić information content (AvgIpc) is 2.34. The summed E-state index contributed by atoms with van der Waals surface area (Å²) in [5, 5.41) is 0.256. The Hall–Kier alpha value is -0.413. The molecule has 0 bridgehead atoms. The third-order valence-corrected chi connectivity index (χ3v) is 11.0. The van der Waals surface area contributed by atoms with Gasteiger partial charge in [0.1, 0.15) is 0 Å². The molecule has 0 aromatic rings. The van der Waals surface area contributed by atoms with Crippen LogP contribution in [0.15, 0.2) is 11.6 Å². The molecule has 0 spiro atoms. The zero-order chi connectivity index (χ0) is 16.1. The summed E-state index contributed by atoms with van der Waals surface area (Å²) in [5.74, 6) is 0.818. The van der Waals surface area contributed by atoms with Crippen molar-refractivity contribution in [2.45, 2.75) is 84.5 Å². The van der Waals surface area contributed by atoms with Gasteiger partial charge < -0.3 is 4.43 Å². The molecule has 120 valence electrons. The number of fused-ring (bicyclic) bond motifs is 1. The van der Waals surface area contributed by atoms with Crippen molar-refractivity contribution in [3.8, 4) is 0 Å². The first-order valence-electron chi connectivity index (χ1n) is 8.39. The Morgan fingerprint density at radius 3 is 2.48 bits per heavy atom. The number of ketones is 1. The molecule has 0 N–H and O–H groups in total. The summed E-state index contributed by atoms with van der Waals surface area (Å²) in [6.45, 7) is 16.3. The Labute approximate surface area is 131 Å². The fourth-order valence-corrected chi connectivity index (χ4v) is 4.96. The van der Waals surface area contributed by atoms with Crippen molar-refractivity contribution in [2.75, 3.05) is 0 Å². The van der Waals surface area contributed by atoms with E-state index in [4.69, 9.17) is 4.43 Å². The first-order valence-corrected chi connectivity index (χ1v) is 11.3. The second-order valence-electron chi connectivity index (χ2n) is 8.80. The van der Waals surface area contributed by atoms with E-state index in [9.17, 15) is 4.79 Å². The Bertz CT molecular complexity index is 458. The van der Waals surface area contributed by atoms with E-state index in [0.717, 1.165) is 19.3 Å². The normalized spacial score (nSPS) is 34.4. The van der Waals surface area contributed by atoms with Crippen molar-refractivity contribution in [1.29, 1.82) is 0 Å². The Balaban J connectivity index is 2.20. The lowest BCUT2D eigenvalue weighted by atomic mass is 9.59. The summed E-state index contributed by atoms with van der Waals surface area (Å²) >= 11 is 0. The summed E-state index contributed by atoms with van der Waals surface area (Å²) in [4.78, 5) is 11.7. The maximum Gasteiger partial charge on any atom is 0.192 e. The summed E-state index contributed by atoms with van der Waals surface area (Å²) < 4.78 is 6.72. The minimum atomic E-state index is -1.72. The van der Waals surface area contributed by atoms with Crippen LogP contribution >= 0.6 is 0 Å². The number of hydrogen-bond acceptors (Lipinski definition) is 2. The third kappa shape index (κ3) is 3.05. The summed E-state index contributed by atoms with van der Waals surface area (Å²) in [7, 11) is -1.72. The highest BCUT2D eigenvalue weighted by Crippen LogP contribution is 2.52. The number of carbonyl (C=O) groups is 1. The molecule has 2 aliphatic carbocycles. The molecule has 2 nitrogen and oxygen atoms in total.